The van der Waals surface area contributed by atoms with Crippen LogP contribution in [-0.2, 0) is 0 Å². The summed E-state index contributed by atoms with van der Waals surface area (Å²) in [5.74, 6) is 0.933. The Labute approximate surface area is 109 Å². The minimum Gasteiger partial charge on any atom is -0.300 e. The van der Waals surface area contributed by atoms with E-state index < -0.39 is 0 Å². The highest BCUT2D eigenvalue weighted by atomic mass is 15.2. The van der Waals surface area contributed by atoms with Gasteiger partial charge in [0.2, 0.25) is 0 Å². The summed E-state index contributed by atoms with van der Waals surface area (Å²) in [5.41, 5.74) is 0.511. The van der Waals surface area contributed by atoms with Crippen LogP contribution in [0.3, 0.4) is 0 Å². The van der Waals surface area contributed by atoms with Crippen LogP contribution in [0.4, 0.5) is 0 Å². The Morgan fingerprint density at radius 3 is 1.82 bits per heavy atom. The van der Waals surface area contributed by atoms with Gasteiger partial charge in [-0.15, -0.1) is 0 Å². The zero-order valence-corrected chi connectivity index (χ0v) is 12.8. The molecule has 0 unspecified atom stereocenters. The van der Waals surface area contributed by atoms with Crippen LogP contribution in [0.15, 0.2) is 0 Å². The summed E-state index contributed by atoms with van der Waals surface area (Å²) >= 11 is 0. The molecule has 0 bridgehead atoms. The van der Waals surface area contributed by atoms with E-state index in [4.69, 9.17) is 0 Å². The van der Waals surface area contributed by atoms with Crippen molar-refractivity contribution in [2.75, 3.05) is 13.1 Å². The average molecular weight is 239 g/mol. The van der Waals surface area contributed by atoms with E-state index in [1.807, 2.05) is 0 Å². The fourth-order valence-corrected chi connectivity index (χ4v) is 3.31. The molecular formula is C16H33N. The maximum absolute atomic E-state index is 2.77. The summed E-state index contributed by atoms with van der Waals surface area (Å²) < 4.78 is 0. The van der Waals surface area contributed by atoms with Crippen LogP contribution in [0.25, 0.3) is 0 Å². The molecule has 0 radical (unpaired) electrons. The van der Waals surface area contributed by atoms with Crippen molar-refractivity contribution in [2.24, 2.45) is 11.3 Å². The summed E-state index contributed by atoms with van der Waals surface area (Å²) in [4.78, 5) is 2.77. The Bertz CT molecular complexity index is 190. The Morgan fingerprint density at radius 2 is 1.47 bits per heavy atom. The topological polar surface area (TPSA) is 3.24 Å². The van der Waals surface area contributed by atoms with E-state index in [0.29, 0.717) is 5.41 Å². The standard InChI is InChI=1S/C16H33N/c1-6-8-15(9-7-2)17-12-10-14(11-13-17)16(3,4)5/h14-15H,6-13H2,1-5H3. The Hall–Kier alpha value is -0.0400. The molecule has 1 rings (SSSR count). The van der Waals surface area contributed by atoms with Gasteiger partial charge >= 0.3 is 0 Å². The molecule has 0 aromatic rings. The molecule has 1 heterocycles. The largest absolute Gasteiger partial charge is 0.300 e. The van der Waals surface area contributed by atoms with Gasteiger partial charge in [-0.2, -0.15) is 0 Å². The van der Waals surface area contributed by atoms with Crippen LogP contribution in [0.2, 0.25) is 0 Å². The van der Waals surface area contributed by atoms with E-state index in [-0.39, 0.29) is 0 Å². The Kier molecular flexibility index (Phi) is 5.99. The van der Waals surface area contributed by atoms with Crippen molar-refractivity contribution in [1.82, 2.24) is 4.90 Å². The van der Waals surface area contributed by atoms with Gasteiger partial charge in [0.05, 0.1) is 0 Å². The van der Waals surface area contributed by atoms with Crippen LogP contribution in [0.5, 0.6) is 0 Å². The highest BCUT2D eigenvalue weighted by Crippen LogP contribution is 2.35. The Morgan fingerprint density at radius 1 is 1.00 bits per heavy atom. The number of hydrogen-bond donors (Lipinski definition) is 0. The second kappa shape index (κ2) is 6.78. The van der Waals surface area contributed by atoms with Crippen molar-refractivity contribution in [2.45, 2.75) is 79.2 Å². The molecule has 0 atom stereocenters. The first-order valence-corrected chi connectivity index (χ1v) is 7.73. The van der Waals surface area contributed by atoms with E-state index in [9.17, 15) is 0 Å². The fraction of sp³-hybridized carbons (Fsp3) is 1.00. The maximum Gasteiger partial charge on any atom is 0.00950 e. The van der Waals surface area contributed by atoms with Crippen molar-refractivity contribution in [3.05, 3.63) is 0 Å². The van der Waals surface area contributed by atoms with Gasteiger partial charge in [-0.3, -0.25) is 0 Å². The Balaban J connectivity index is 2.43. The average Bonchev–Trinajstić information content (AvgIpc) is 2.28. The smallest absolute Gasteiger partial charge is 0.00950 e. The molecule has 0 aromatic carbocycles. The molecule has 17 heavy (non-hydrogen) atoms. The monoisotopic (exact) mass is 239 g/mol. The minimum atomic E-state index is 0.511. The van der Waals surface area contributed by atoms with Gasteiger partial charge in [0.25, 0.3) is 0 Å². The normalized spacial score (nSPS) is 20.1. The first-order valence-electron chi connectivity index (χ1n) is 7.73. The molecule has 0 aromatic heterocycles. The molecule has 1 aliphatic rings. The van der Waals surface area contributed by atoms with E-state index in [1.165, 1.54) is 51.6 Å². The number of nitrogens with zero attached hydrogens (tertiary/aromatic N) is 1. The summed E-state index contributed by atoms with van der Waals surface area (Å²) in [5, 5.41) is 0. The molecule has 0 saturated carbocycles. The van der Waals surface area contributed by atoms with Crippen LogP contribution in [0, 0.1) is 11.3 Å². The number of hydrogen-bond acceptors (Lipinski definition) is 1. The third kappa shape index (κ3) is 4.62. The van der Waals surface area contributed by atoms with E-state index in [1.54, 1.807) is 0 Å². The maximum atomic E-state index is 2.77. The number of rotatable bonds is 5. The zero-order valence-electron chi connectivity index (χ0n) is 12.8. The predicted molar refractivity (Wildman–Crippen MR) is 77.4 cm³/mol. The van der Waals surface area contributed by atoms with Crippen molar-refractivity contribution >= 4 is 0 Å². The molecule has 1 heteroatoms. The number of piperidine rings is 1. The summed E-state index contributed by atoms with van der Waals surface area (Å²) in [7, 11) is 0. The molecule has 1 fully saturated rings. The molecular weight excluding hydrogens is 206 g/mol. The highest BCUT2D eigenvalue weighted by Gasteiger charge is 2.30. The molecule has 0 spiro atoms. The lowest BCUT2D eigenvalue weighted by Gasteiger charge is -2.42. The van der Waals surface area contributed by atoms with Crippen LogP contribution < -0.4 is 0 Å². The molecule has 102 valence electrons. The predicted octanol–water partition coefficient (Wildman–Crippen LogP) is 4.71. The van der Waals surface area contributed by atoms with Gasteiger partial charge < -0.3 is 4.90 Å². The zero-order chi connectivity index (χ0) is 12.9. The van der Waals surface area contributed by atoms with E-state index in [2.05, 4.69) is 39.5 Å². The SMILES string of the molecule is CCCC(CCC)N1CCC(C(C)(C)C)CC1. The molecule has 0 aliphatic carbocycles. The summed E-state index contributed by atoms with van der Waals surface area (Å²) in [6.45, 7) is 14.5. The third-order valence-electron chi connectivity index (χ3n) is 4.51. The van der Waals surface area contributed by atoms with Crippen LogP contribution in [-0.4, -0.2) is 24.0 Å². The van der Waals surface area contributed by atoms with Gasteiger partial charge in [-0.25, -0.2) is 0 Å². The van der Waals surface area contributed by atoms with E-state index >= 15 is 0 Å². The quantitative estimate of drug-likeness (QED) is 0.671. The fourth-order valence-electron chi connectivity index (χ4n) is 3.31. The van der Waals surface area contributed by atoms with Crippen LogP contribution in [0.1, 0.15) is 73.1 Å². The molecule has 1 nitrogen and oxygen atoms in total. The van der Waals surface area contributed by atoms with Gasteiger partial charge in [-0.05, 0) is 50.1 Å². The lowest BCUT2D eigenvalue weighted by atomic mass is 9.75. The third-order valence-corrected chi connectivity index (χ3v) is 4.51. The minimum absolute atomic E-state index is 0.511. The van der Waals surface area contributed by atoms with Crippen molar-refractivity contribution in [3.63, 3.8) is 0 Å². The first kappa shape index (κ1) is 15.0. The van der Waals surface area contributed by atoms with Gasteiger partial charge in [0.15, 0.2) is 0 Å². The lowest BCUT2D eigenvalue weighted by Crippen LogP contribution is -2.43. The van der Waals surface area contributed by atoms with Gasteiger partial charge in [0, 0.05) is 6.04 Å². The first-order chi connectivity index (χ1) is 7.99. The molecule has 0 amide bonds. The van der Waals surface area contributed by atoms with Crippen molar-refractivity contribution in [3.8, 4) is 0 Å². The summed E-state index contributed by atoms with van der Waals surface area (Å²) in [6.07, 6.45) is 8.29. The van der Waals surface area contributed by atoms with Crippen molar-refractivity contribution < 1.29 is 0 Å². The van der Waals surface area contributed by atoms with Crippen molar-refractivity contribution in [1.29, 1.82) is 0 Å². The second-order valence-electron chi connectivity index (χ2n) is 6.91. The van der Waals surface area contributed by atoms with Gasteiger partial charge in [-0.1, -0.05) is 47.5 Å². The highest BCUT2D eigenvalue weighted by molar-refractivity contribution is 4.83. The van der Waals surface area contributed by atoms with Crippen LogP contribution >= 0.6 is 0 Å². The summed E-state index contributed by atoms with van der Waals surface area (Å²) in [6, 6.07) is 0.867. The molecule has 1 saturated heterocycles. The lowest BCUT2D eigenvalue weighted by molar-refractivity contribution is 0.0755. The van der Waals surface area contributed by atoms with Gasteiger partial charge in [0.1, 0.15) is 0 Å². The molecule has 1 aliphatic heterocycles. The van der Waals surface area contributed by atoms with E-state index in [0.717, 1.165) is 12.0 Å². The second-order valence-corrected chi connectivity index (χ2v) is 6.91. The number of likely N-dealkylation sites (tertiary alicyclic amines) is 1. The molecule has 0 N–H and O–H groups in total.